The van der Waals surface area contributed by atoms with E-state index in [-0.39, 0.29) is 0 Å². The second-order valence-electron chi connectivity index (χ2n) is 4.58. The molecule has 3 N–H and O–H groups in total. The summed E-state index contributed by atoms with van der Waals surface area (Å²) >= 11 is 0. The van der Waals surface area contributed by atoms with Gasteiger partial charge >= 0.3 is 0 Å². The third kappa shape index (κ3) is 3.04. The molecule has 2 heterocycles. The van der Waals surface area contributed by atoms with Gasteiger partial charge < -0.3 is 15.9 Å². The van der Waals surface area contributed by atoms with E-state index in [9.17, 15) is 0 Å². The molecule has 0 atom stereocenters. The van der Waals surface area contributed by atoms with E-state index in [0.29, 0.717) is 17.5 Å². The molecule has 0 bridgehead atoms. The molecule has 6 nitrogen and oxygen atoms in total. The van der Waals surface area contributed by atoms with Crippen molar-refractivity contribution >= 4 is 11.6 Å². The van der Waals surface area contributed by atoms with Gasteiger partial charge in [-0.2, -0.15) is 0 Å². The highest BCUT2D eigenvalue weighted by Gasteiger charge is 2.12. The van der Waals surface area contributed by atoms with Crippen molar-refractivity contribution in [3.05, 3.63) is 36.4 Å². The van der Waals surface area contributed by atoms with Gasteiger partial charge in [-0.15, -0.1) is 0 Å². The van der Waals surface area contributed by atoms with Gasteiger partial charge in [0.05, 0.1) is 13.2 Å². The summed E-state index contributed by atoms with van der Waals surface area (Å²) in [6, 6.07) is 11.5. The predicted octanol–water partition coefficient (Wildman–Crippen LogP) is 1.38. The van der Waals surface area contributed by atoms with Gasteiger partial charge in [-0.3, -0.25) is 0 Å². The summed E-state index contributed by atoms with van der Waals surface area (Å²) in [5.41, 5.74) is 10.1. The number of anilines is 2. The first kappa shape index (κ1) is 12.8. The third-order valence-corrected chi connectivity index (χ3v) is 3.06. The average molecular weight is 271 g/mol. The summed E-state index contributed by atoms with van der Waals surface area (Å²) < 4.78 is 5.32. The van der Waals surface area contributed by atoms with Crippen LogP contribution in [-0.4, -0.2) is 41.3 Å². The van der Waals surface area contributed by atoms with Crippen molar-refractivity contribution in [2.75, 3.05) is 37.5 Å². The smallest absolute Gasteiger partial charge is 0.163 e. The topological polar surface area (TPSA) is 76.3 Å². The molecule has 1 fully saturated rings. The molecule has 1 aliphatic heterocycles. The van der Waals surface area contributed by atoms with Gasteiger partial charge in [-0.1, -0.05) is 30.3 Å². The lowest BCUT2D eigenvalue weighted by Crippen LogP contribution is -2.40. The molecular formula is C14H17N5O. The number of nitrogens with zero attached hydrogens (tertiary/aromatic N) is 3. The minimum absolute atomic E-state index is 0.453. The standard InChI is InChI=1S/C14H17N5O/c15-12-10-13(18-19-6-8-20-9-7-19)17-14(16-12)11-4-2-1-3-5-11/h1-5,10H,6-9H2,(H3,15,16,17,18). The van der Waals surface area contributed by atoms with Crippen molar-refractivity contribution in [3.63, 3.8) is 0 Å². The Hall–Kier alpha value is -2.18. The molecule has 0 spiro atoms. The maximum absolute atomic E-state index is 5.87. The lowest BCUT2D eigenvalue weighted by atomic mass is 10.2. The Balaban J connectivity index is 1.83. The molecule has 1 aliphatic rings. The maximum atomic E-state index is 5.87. The van der Waals surface area contributed by atoms with Crippen LogP contribution in [0.25, 0.3) is 11.4 Å². The third-order valence-electron chi connectivity index (χ3n) is 3.06. The number of ether oxygens (including phenoxy) is 1. The van der Waals surface area contributed by atoms with Crippen molar-refractivity contribution in [1.82, 2.24) is 15.0 Å². The van der Waals surface area contributed by atoms with E-state index in [2.05, 4.69) is 20.4 Å². The Labute approximate surface area is 117 Å². The molecular weight excluding hydrogens is 254 g/mol. The lowest BCUT2D eigenvalue weighted by Gasteiger charge is -2.27. The van der Waals surface area contributed by atoms with Crippen molar-refractivity contribution < 1.29 is 4.74 Å². The van der Waals surface area contributed by atoms with Gasteiger partial charge in [0, 0.05) is 24.7 Å². The number of nitrogen functional groups attached to an aromatic ring is 1. The van der Waals surface area contributed by atoms with Crippen LogP contribution in [0.2, 0.25) is 0 Å². The number of rotatable bonds is 3. The van der Waals surface area contributed by atoms with Crippen LogP contribution in [-0.2, 0) is 4.74 Å². The van der Waals surface area contributed by atoms with Gasteiger partial charge in [-0.05, 0) is 0 Å². The number of hydrogen-bond acceptors (Lipinski definition) is 6. The summed E-state index contributed by atoms with van der Waals surface area (Å²) in [5, 5.41) is 2.07. The molecule has 1 saturated heterocycles. The zero-order chi connectivity index (χ0) is 13.8. The highest BCUT2D eigenvalue weighted by molar-refractivity contribution is 5.60. The normalized spacial score (nSPS) is 16.0. The number of morpholine rings is 1. The zero-order valence-electron chi connectivity index (χ0n) is 11.1. The number of hydrogen-bond donors (Lipinski definition) is 2. The number of hydrazine groups is 1. The molecule has 0 aliphatic carbocycles. The second-order valence-corrected chi connectivity index (χ2v) is 4.58. The predicted molar refractivity (Wildman–Crippen MR) is 77.9 cm³/mol. The van der Waals surface area contributed by atoms with E-state index < -0.39 is 0 Å². The highest BCUT2D eigenvalue weighted by atomic mass is 16.5. The first-order valence-corrected chi connectivity index (χ1v) is 6.60. The Bertz CT molecular complexity index is 569. The zero-order valence-corrected chi connectivity index (χ0v) is 11.1. The maximum Gasteiger partial charge on any atom is 0.163 e. The Morgan fingerprint density at radius 2 is 1.85 bits per heavy atom. The van der Waals surface area contributed by atoms with Crippen LogP contribution in [0, 0.1) is 0 Å². The van der Waals surface area contributed by atoms with Gasteiger partial charge in [0.1, 0.15) is 11.6 Å². The quantitative estimate of drug-likeness (QED) is 0.878. The van der Waals surface area contributed by atoms with Crippen LogP contribution < -0.4 is 11.2 Å². The molecule has 0 amide bonds. The highest BCUT2D eigenvalue weighted by Crippen LogP contribution is 2.19. The van der Waals surface area contributed by atoms with Crippen molar-refractivity contribution in [2.45, 2.75) is 0 Å². The van der Waals surface area contributed by atoms with Gasteiger partial charge in [-0.25, -0.2) is 15.0 Å². The minimum Gasteiger partial charge on any atom is -0.384 e. The molecule has 20 heavy (non-hydrogen) atoms. The van der Waals surface area contributed by atoms with Crippen molar-refractivity contribution in [1.29, 1.82) is 0 Å². The lowest BCUT2D eigenvalue weighted by molar-refractivity contribution is 0.0495. The fraction of sp³-hybridized carbons (Fsp3) is 0.286. The fourth-order valence-electron chi connectivity index (χ4n) is 2.08. The van der Waals surface area contributed by atoms with E-state index in [4.69, 9.17) is 10.5 Å². The molecule has 1 aromatic carbocycles. The minimum atomic E-state index is 0.453. The fourth-order valence-corrected chi connectivity index (χ4v) is 2.08. The monoisotopic (exact) mass is 271 g/mol. The van der Waals surface area contributed by atoms with E-state index in [1.54, 1.807) is 6.07 Å². The van der Waals surface area contributed by atoms with E-state index in [1.807, 2.05) is 30.3 Å². The second kappa shape index (κ2) is 5.85. The van der Waals surface area contributed by atoms with Crippen molar-refractivity contribution in [3.8, 4) is 11.4 Å². The van der Waals surface area contributed by atoms with E-state index in [1.165, 1.54) is 0 Å². The Kier molecular flexibility index (Phi) is 3.76. The molecule has 0 unspecified atom stereocenters. The number of aromatic nitrogens is 2. The SMILES string of the molecule is Nc1cc(NN2CCOCC2)nc(-c2ccccc2)n1. The molecule has 2 aromatic rings. The molecule has 1 aromatic heterocycles. The first-order valence-electron chi connectivity index (χ1n) is 6.60. The van der Waals surface area contributed by atoms with Crippen LogP contribution in [0.3, 0.4) is 0 Å². The molecule has 0 saturated carbocycles. The molecule has 104 valence electrons. The van der Waals surface area contributed by atoms with Crippen LogP contribution >= 0.6 is 0 Å². The summed E-state index contributed by atoms with van der Waals surface area (Å²) in [4.78, 5) is 8.79. The van der Waals surface area contributed by atoms with Crippen LogP contribution in [0.15, 0.2) is 36.4 Å². The first-order chi connectivity index (χ1) is 9.81. The summed E-state index contributed by atoms with van der Waals surface area (Å²) in [7, 11) is 0. The summed E-state index contributed by atoms with van der Waals surface area (Å²) in [5.74, 6) is 1.79. The number of nitrogens with one attached hydrogen (secondary N) is 1. The van der Waals surface area contributed by atoms with Gasteiger partial charge in [0.25, 0.3) is 0 Å². The largest absolute Gasteiger partial charge is 0.384 e. The Morgan fingerprint density at radius 3 is 2.60 bits per heavy atom. The van der Waals surface area contributed by atoms with Crippen LogP contribution in [0.1, 0.15) is 0 Å². The van der Waals surface area contributed by atoms with E-state index >= 15 is 0 Å². The molecule has 3 rings (SSSR count). The number of benzene rings is 1. The molecule has 0 radical (unpaired) electrons. The van der Waals surface area contributed by atoms with Crippen molar-refractivity contribution in [2.24, 2.45) is 0 Å². The molecule has 6 heteroatoms. The Morgan fingerprint density at radius 1 is 1.10 bits per heavy atom. The summed E-state index contributed by atoms with van der Waals surface area (Å²) in [6.45, 7) is 3.09. The number of nitrogens with two attached hydrogens (primary N) is 1. The van der Waals surface area contributed by atoms with Crippen LogP contribution in [0.5, 0.6) is 0 Å². The van der Waals surface area contributed by atoms with Crippen LogP contribution in [0.4, 0.5) is 11.6 Å². The van der Waals surface area contributed by atoms with Gasteiger partial charge in [0.15, 0.2) is 5.82 Å². The van der Waals surface area contributed by atoms with Gasteiger partial charge in [0.2, 0.25) is 0 Å². The average Bonchev–Trinajstić information content (AvgIpc) is 2.49. The summed E-state index contributed by atoms with van der Waals surface area (Å²) in [6.07, 6.45) is 0. The van der Waals surface area contributed by atoms with E-state index in [0.717, 1.165) is 31.9 Å².